The Balaban J connectivity index is 2.81. The summed E-state index contributed by atoms with van der Waals surface area (Å²) in [4.78, 5) is 0. The zero-order chi connectivity index (χ0) is 9.14. The first kappa shape index (κ1) is 10.2. The van der Waals surface area contributed by atoms with E-state index in [1.807, 2.05) is 22.6 Å². The molecular formula is C6H6ClF2IN2. The van der Waals surface area contributed by atoms with E-state index < -0.39 is 6.43 Å². The van der Waals surface area contributed by atoms with Gasteiger partial charge in [-0.2, -0.15) is 5.10 Å². The largest absolute Gasteiger partial charge is 0.262 e. The number of hydrogen-bond acceptors (Lipinski definition) is 1. The molecule has 1 aromatic heterocycles. The highest BCUT2D eigenvalue weighted by Gasteiger charge is 2.09. The van der Waals surface area contributed by atoms with Gasteiger partial charge in [-0.3, -0.25) is 4.68 Å². The highest BCUT2D eigenvalue weighted by atomic mass is 127. The fraction of sp³-hybridized carbons (Fsp3) is 0.500. The van der Waals surface area contributed by atoms with Crippen molar-refractivity contribution < 1.29 is 8.78 Å². The summed E-state index contributed by atoms with van der Waals surface area (Å²) in [5.41, 5.74) is 0.626. The lowest BCUT2D eigenvalue weighted by atomic mass is 10.5. The topological polar surface area (TPSA) is 17.8 Å². The molecule has 0 aromatic carbocycles. The minimum atomic E-state index is -2.39. The molecule has 1 rings (SSSR count). The lowest BCUT2D eigenvalue weighted by Gasteiger charge is -2.02. The number of aromatic nitrogens is 2. The van der Waals surface area contributed by atoms with Gasteiger partial charge in [0.2, 0.25) is 0 Å². The molecule has 0 radical (unpaired) electrons. The summed E-state index contributed by atoms with van der Waals surface area (Å²) in [5.74, 6) is 0.211. The first-order valence-electron chi connectivity index (χ1n) is 3.20. The molecule has 0 aliphatic heterocycles. The molecule has 2 nitrogen and oxygen atoms in total. The molecule has 0 aliphatic carbocycles. The lowest BCUT2D eigenvalue weighted by molar-refractivity contribution is 0.120. The Bertz CT molecular complexity index is 264. The highest BCUT2D eigenvalue weighted by molar-refractivity contribution is 14.1. The molecule has 0 bridgehead atoms. The van der Waals surface area contributed by atoms with E-state index in [4.69, 9.17) is 11.6 Å². The average Bonchev–Trinajstić information content (AvgIpc) is 2.29. The van der Waals surface area contributed by atoms with Crippen LogP contribution in [0.15, 0.2) is 6.07 Å². The van der Waals surface area contributed by atoms with E-state index in [2.05, 4.69) is 5.10 Å². The lowest BCUT2D eigenvalue weighted by Crippen LogP contribution is -2.10. The zero-order valence-corrected chi connectivity index (χ0v) is 8.89. The van der Waals surface area contributed by atoms with Crippen LogP contribution in [0.25, 0.3) is 0 Å². The van der Waals surface area contributed by atoms with Crippen molar-refractivity contribution in [1.29, 1.82) is 0 Å². The van der Waals surface area contributed by atoms with Gasteiger partial charge in [-0.15, -0.1) is 11.6 Å². The van der Waals surface area contributed by atoms with Crippen LogP contribution in [0, 0.1) is 3.70 Å². The Morgan fingerprint density at radius 2 is 2.33 bits per heavy atom. The zero-order valence-electron chi connectivity index (χ0n) is 5.98. The molecule has 1 aromatic rings. The Morgan fingerprint density at radius 1 is 1.67 bits per heavy atom. The van der Waals surface area contributed by atoms with Gasteiger partial charge in [-0.05, 0) is 28.7 Å². The predicted octanol–water partition coefficient (Wildman–Crippen LogP) is 2.49. The van der Waals surface area contributed by atoms with Crippen LogP contribution in [0.2, 0.25) is 0 Å². The molecule has 1 heterocycles. The summed E-state index contributed by atoms with van der Waals surface area (Å²) in [5, 5.41) is 3.86. The molecule has 0 saturated heterocycles. The molecule has 0 unspecified atom stereocenters. The molecular weight excluding hydrogens is 300 g/mol. The van der Waals surface area contributed by atoms with Crippen LogP contribution >= 0.6 is 34.2 Å². The standard InChI is InChI=1S/C6H6ClF2IN2/c7-2-4-1-6(10)11-12(4)3-5(8)9/h1,5H,2-3H2. The van der Waals surface area contributed by atoms with Gasteiger partial charge in [-0.1, -0.05) is 0 Å². The van der Waals surface area contributed by atoms with Crippen molar-refractivity contribution in [2.24, 2.45) is 0 Å². The second-order valence-electron chi connectivity index (χ2n) is 2.17. The maximum Gasteiger partial charge on any atom is 0.257 e. The second-order valence-corrected chi connectivity index (χ2v) is 3.54. The fourth-order valence-corrected chi connectivity index (χ4v) is 1.65. The van der Waals surface area contributed by atoms with Crippen molar-refractivity contribution in [1.82, 2.24) is 9.78 Å². The van der Waals surface area contributed by atoms with Crippen molar-refractivity contribution in [2.75, 3.05) is 0 Å². The van der Waals surface area contributed by atoms with Gasteiger partial charge in [0.15, 0.2) is 0 Å². The Labute approximate surface area is 87.0 Å². The van der Waals surface area contributed by atoms with E-state index in [1.165, 1.54) is 4.68 Å². The molecule has 68 valence electrons. The van der Waals surface area contributed by atoms with Gasteiger partial charge >= 0.3 is 0 Å². The minimum Gasteiger partial charge on any atom is -0.262 e. The summed E-state index contributed by atoms with van der Waals surface area (Å²) in [6, 6.07) is 1.69. The van der Waals surface area contributed by atoms with Crippen LogP contribution in [0.3, 0.4) is 0 Å². The monoisotopic (exact) mass is 306 g/mol. The van der Waals surface area contributed by atoms with Crippen molar-refractivity contribution >= 4 is 34.2 Å². The van der Waals surface area contributed by atoms with Gasteiger partial charge in [-0.25, -0.2) is 8.78 Å². The van der Waals surface area contributed by atoms with Crippen molar-refractivity contribution in [3.05, 3.63) is 15.5 Å². The van der Waals surface area contributed by atoms with Crippen LogP contribution in [-0.2, 0) is 12.4 Å². The van der Waals surface area contributed by atoms with E-state index in [0.29, 0.717) is 9.39 Å². The van der Waals surface area contributed by atoms with Gasteiger partial charge in [0, 0.05) is 0 Å². The van der Waals surface area contributed by atoms with E-state index in [1.54, 1.807) is 6.07 Å². The molecule has 0 fully saturated rings. The van der Waals surface area contributed by atoms with Crippen LogP contribution in [0.1, 0.15) is 5.69 Å². The maximum atomic E-state index is 11.9. The number of rotatable bonds is 3. The smallest absolute Gasteiger partial charge is 0.257 e. The number of halogens is 4. The van der Waals surface area contributed by atoms with Crippen molar-refractivity contribution in [2.45, 2.75) is 18.9 Å². The average molecular weight is 306 g/mol. The van der Waals surface area contributed by atoms with Crippen LogP contribution < -0.4 is 0 Å². The minimum absolute atomic E-state index is 0.211. The first-order valence-corrected chi connectivity index (χ1v) is 4.81. The van der Waals surface area contributed by atoms with Gasteiger partial charge in [0.05, 0.1) is 11.6 Å². The molecule has 0 amide bonds. The highest BCUT2D eigenvalue weighted by Crippen LogP contribution is 2.11. The fourth-order valence-electron chi connectivity index (χ4n) is 0.817. The van der Waals surface area contributed by atoms with Crippen molar-refractivity contribution in [3.63, 3.8) is 0 Å². The van der Waals surface area contributed by atoms with Gasteiger partial charge in [0.1, 0.15) is 10.2 Å². The van der Waals surface area contributed by atoms with E-state index in [0.717, 1.165) is 0 Å². The predicted molar refractivity (Wildman–Crippen MR) is 50.5 cm³/mol. The summed E-state index contributed by atoms with van der Waals surface area (Å²) in [7, 11) is 0. The van der Waals surface area contributed by atoms with Crippen LogP contribution in [-0.4, -0.2) is 16.2 Å². The number of nitrogens with zero attached hydrogens (tertiary/aromatic N) is 2. The second kappa shape index (κ2) is 4.36. The molecule has 0 saturated carbocycles. The summed E-state index contributed by atoms with van der Waals surface area (Å²) in [6.07, 6.45) is -2.39. The molecule has 0 spiro atoms. The number of hydrogen-bond donors (Lipinski definition) is 0. The van der Waals surface area contributed by atoms with Gasteiger partial charge < -0.3 is 0 Å². The third kappa shape index (κ3) is 2.55. The Kier molecular flexibility index (Phi) is 3.70. The van der Waals surface area contributed by atoms with E-state index in [-0.39, 0.29) is 12.4 Å². The molecule has 0 atom stereocenters. The van der Waals surface area contributed by atoms with E-state index in [9.17, 15) is 8.78 Å². The molecule has 12 heavy (non-hydrogen) atoms. The Morgan fingerprint density at radius 3 is 2.83 bits per heavy atom. The summed E-state index contributed by atoms with van der Waals surface area (Å²) in [6.45, 7) is -0.384. The molecule has 0 N–H and O–H groups in total. The molecule has 6 heteroatoms. The number of alkyl halides is 3. The quantitative estimate of drug-likeness (QED) is 0.620. The third-order valence-electron chi connectivity index (χ3n) is 1.28. The van der Waals surface area contributed by atoms with Gasteiger partial charge in [0.25, 0.3) is 6.43 Å². The molecule has 0 aliphatic rings. The first-order chi connectivity index (χ1) is 5.63. The third-order valence-corrected chi connectivity index (χ3v) is 2.08. The van der Waals surface area contributed by atoms with E-state index >= 15 is 0 Å². The maximum absolute atomic E-state index is 11.9. The Hall–Kier alpha value is 0.0900. The normalized spacial score (nSPS) is 11.1. The van der Waals surface area contributed by atoms with Crippen LogP contribution in [0.5, 0.6) is 0 Å². The summed E-state index contributed by atoms with van der Waals surface area (Å²) < 4.78 is 25.8. The summed E-state index contributed by atoms with van der Waals surface area (Å²) >= 11 is 7.48. The SMILES string of the molecule is FC(F)Cn1nc(I)cc1CCl. The van der Waals surface area contributed by atoms with Crippen LogP contribution in [0.4, 0.5) is 8.78 Å². The van der Waals surface area contributed by atoms with Crippen molar-refractivity contribution in [3.8, 4) is 0 Å².